The molecule has 0 bridgehead atoms. The highest BCUT2D eigenvalue weighted by atomic mass is 79.9. The topological polar surface area (TPSA) is 29.1 Å². The molecule has 0 aromatic heterocycles. The highest BCUT2D eigenvalue weighted by Gasteiger charge is 2.15. The second-order valence-electron chi connectivity index (χ2n) is 5.18. The van der Waals surface area contributed by atoms with Crippen LogP contribution in [-0.4, -0.2) is 12.5 Å². The first-order chi connectivity index (χ1) is 8.66. The SMILES string of the molecule is Cc1ccc(Br)c(C(=O)NCCC2CCCC2)c1. The van der Waals surface area contributed by atoms with Gasteiger partial charge >= 0.3 is 0 Å². The smallest absolute Gasteiger partial charge is 0.252 e. The lowest BCUT2D eigenvalue weighted by molar-refractivity contribution is 0.0950. The maximum Gasteiger partial charge on any atom is 0.252 e. The van der Waals surface area contributed by atoms with Gasteiger partial charge in [-0.2, -0.15) is 0 Å². The van der Waals surface area contributed by atoms with Gasteiger partial charge < -0.3 is 5.32 Å². The number of hydrogen-bond acceptors (Lipinski definition) is 1. The number of benzene rings is 1. The molecule has 2 rings (SSSR count). The number of nitrogens with one attached hydrogen (secondary N) is 1. The van der Waals surface area contributed by atoms with E-state index in [1.807, 2.05) is 25.1 Å². The summed E-state index contributed by atoms with van der Waals surface area (Å²) in [5, 5.41) is 3.02. The molecular formula is C15H20BrNO. The first-order valence-electron chi connectivity index (χ1n) is 6.71. The van der Waals surface area contributed by atoms with Crippen LogP contribution in [-0.2, 0) is 0 Å². The van der Waals surface area contributed by atoms with Crippen LogP contribution in [0.1, 0.15) is 48.0 Å². The van der Waals surface area contributed by atoms with Gasteiger partial charge in [-0.05, 0) is 47.3 Å². The van der Waals surface area contributed by atoms with Crippen molar-refractivity contribution < 1.29 is 4.79 Å². The van der Waals surface area contributed by atoms with E-state index < -0.39 is 0 Å². The van der Waals surface area contributed by atoms with Crippen molar-refractivity contribution in [1.29, 1.82) is 0 Å². The number of carbonyl (C=O) groups excluding carboxylic acids is 1. The van der Waals surface area contributed by atoms with Crippen LogP contribution in [0, 0.1) is 12.8 Å². The zero-order valence-corrected chi connectivity index (χ0v) is 12.4. The predicted molar refractivity (Wildman–Crippen MR) is 77.8 cm³/mol. The Balaban J connectivity index is 1.85. The Labute approximate surface area is 117 Å². The first-order valence-corrected chi connectivity index (χ1v) is 7.50. The number of carbonyl (C=O) groups is 1. The van der Waals surface area contributed by atoms with E-state index in [2.05, 4.69) is 21.2 Å². The molecule has 0 atom stereocenters. The molecule has 0 saturated heterocycles. The summed E-state index contributed by atoms with van der Waals surface area (Å²) >= 11 is 3.43. The predicted octanol–water partition coefficient (Wildman–Crippen LogP) is 4.07. The van der Waals surface area contributed by atoms with E-state index in [1.165, 1.54) is 25.7 Å². The van der Waals surface area contributed by atoms with Crippen molar-refractivity contribution in [3.63, 3.8) is 0 Å². The average Bonchev–Trinajstić information content (AvgIpc) is 2.85. The van der Waals surface area contributed by atoms with Crippen LogP contribution >= 0.6 is 15.9 Å². The molecule has 18 heavy (non-hydrogen) atoms. The molecule has 0 unspecified atom stereocenters. The van der Waals surface area contributed by atoms with Crippen molar-refractivity contribution >= 4 is 21.8 Å². The maximum absolute atomic E-state index is 12.1. The minimum atomic E-state index is 0.0311. The van der Waals surface area contributed by atoms with Gasteiger partial charge in [-0.15, -0.1) is 0 Å². The van der Waals surface area contributed by atoms with Crippen molar-refractivity contribution in [1.82, 2.24) is 5.32 Å². The quantitative estimate of drug-likeness (QED) is 0.892. The molecule has 0 radical (unpaired) electrons. The van der Waals surface area contributed by atoms with E-state index in [4.69, 9.17) is 0 Å². The Hall–Kier alpha value is -0.830. The average molecular weight is 310 g/mol. The zero-order valence-electron chi connectivity index (χ0n) is 10.8. The number of aryl methyl sites for hydroxylation is 1. The molecule has 2 nitrogen and oxygen atoms in total. The molecule has 1 N–H and O–H groups in total. The van der Waals surface area contributed by atoms with E-state index >= 15 is 0 Å². The molecule has 1 aliphatic rings. The summed E-state index contributed by atoms with van der Waals surface area (Å²) in [6, 6.07) is 5.86. The third kappa shape index (κ3) is 3.58. The highest BCUT2D eigenvalue weighted by Crippen LogP contribution is 2.27. The number of halogens is 1. The van der Waals surface area contributed by atoms with Gasteiger partial charge in [0.15, 0.2) is 0 Å². The van der Waals surface area contributed by atoms with Gasteiger partial charge in [0.1, 0.15) is 0 Å². The zero-order chi connectivity index (χ0) is 13.0. The minimum Gasteiger partial charge on any atom is -0.352 e. The largest absolute Gasteiger partial charge is 0.352 e. The second kappa shape index (κ2) is 6.37. The van der Waals surface area contributed by atoms with E-state index in [0.717, 1.165) is 34.5 Å². The van der Waals surface area contributed by atoms with E-state index in [-0.39, 0.29) is 5.91 Å². The monoisotopic (exact) mass is 309 g/mol. The fraction of sp³-hybridized carbons (Fsp3) is 0.533. The van der Waals surface area contributed by atoms with Crippen LogP contribution in [0.4, 0.5) is 0 Å². The summed E-state index contributed by atoms with van der Waals surface area (Å²) in [6.07, 6.45) is 6.52. The fourth-order valence-corrected chi connectivity index (χ4v) is 3.02. The van der Waals surface area contributed by atoms with Gasteiger partial charge in [0, 0.05) is 11.0 Å². The maximum atomic E-state index is 12.1. The summed E-state index contributed by atoms with van der Waals surface area (Å²) in [5.41, 5.74) is 1.85. The Morgan fingerprint density at radius 1 is 1.39 bits per heavy atom. The molecule has 1 aromatic carbocycles. The molecule has 3 heteroatoms. The molecule has 1 aromatic rings. The minimum absolute atomic E-state index is 0.0311. The summed E-state index contributed by atoms with van der Waals surface area (Å²) in [7, 11) is 0. The lowest BCUT2D eigenvalue weighted by Gasteiger charge is -2.11. The van der Waals surface area contributed by atoms with Crippen molar-refractivity contribution in [3.8, 4) is 0 Å². The van der Waals surface area contributed by atoms with E-state index in [0.29, 0.717) is 0 Å². The molecule has 1 fully saturated rings. The van der Waals surface area contributed by atoms with Gasteiger partial charge in [0.25, 0.3) is 5.91 Å². The van der Waals surface area contributed by atoms with Crippen LogP contribution in [0.3, 0.4) is 0 Å². The van der Waals surface area contributed by atoms with Crippen LogP contribution < -0.4 is 5.32 Å². The van der Waals surface area contributed by atoms with Crippen LogP contribution in [0.15, 0.2) is 22.7 Å². The molecule has 0 heterocycles. The highest BCUT2D eigenvalue weighted by molar-refractivity contribution is 9.10. The lowest BCUT2D eigenvalue weighted by atomic mass is 10.0. The normalized spacial score (nSPS) is 15.9. The summed E-state index contributed by atoms with van der Waals surface area (Å²) in [4.78, 5) is 12.1. The molecule has 1 saturated carbocycles. The first kappa shape index (κ1) is 13.6. The lowest BCUT2D eigenvalue weighted by Crippen LogP contribution is -2.26. The summed E-state index contributed by atoms with van der Waals surface area (Å²) in [5.74, 6) is 0.856. The van der Waals surface area contributed by atoms with Crippen molar-refractivity contribution in [2.45, 2.75) is 39.0 Å². The Morgan fingerprint density at radius 2 is 2.11 bits per heavy atom. The number of hydrogen-bond donors (Lipinski definition) is 1. The molecule has 98 valence electrons. The molecule has 0 spiro atoms. The fourth-order valence-electron chi connectivity index (χ4n) is 2.60. The Morgan fingerprint density at radius 3 is 2.83 bits per heavy atom. The van der Waals surface area contributed by atoms with Gasteiger partial charge in [0.05, 0.1) is 5.56 Å². The number of amides is 1. The van der Waals surface area contributed by atoms with Crippen LogP contribution in [0.25, 0.3) is 0 Å². The van der Waals surface area contributed by atoms with Gasteiger partial charge in [0.2, 0.25) is 0 Å². The van der Waals surface area contributed by atoms with E-state index in [9.17, 15) is 4.79 Å². The number of rotatable bonds is 4. The molecular weight excluding hydrogens is 290 g/mol. The second-order valence-corrected chi connectivity index (χ2v) is 6.03. The Kier molecular flexibility index (Phi) is 4.81. The van der Waals surface area contributed by atoms with Crippen molar-refractivity contribution in [2.75, 3.05) is 6.54 Å². The van der Waals surface area contributed by atoms with Crippen LogP contribution in [0.5, 0.6) is 0 Å². The van der Waals surface area contributed by atoms with Crippen molar-refractivity contribution in [3.05, 3.63) is 33.8 Å². The van der Waals surface area contributed by atoms with Gasteiger partial charge in [-0.1, -0.05) is 37.3 Å². The third-order valence-electron chi connectivity index (χ3n) is 3.68. The Bertz CT molecular complexity index is 425. The molecule has 1 amide bonds. The van der Waals surface area contributed by atoms with Gasteiger partial charge in [-0.25, -0.2) is 0 Å². The summed E-state index contributed by atoms with van der Waals surface area (Å²) in [6.45, 7) is 2.80. The summed E-state index contributed by atoms with van der Waals surface area (Å²) < 4.78 is 0.867. The van der Waals surface area contributed by atoms with Gasteiger partial charge in [-0.3, -0.25) is 4.79 Å². The third-order valence-corrected chi connectivity index (χ3v) is 4.37. The van der Waals surface area contributed by atoms with Crippen molar-refractivity contribution in [2.24, 2.45) is 5.92 Å². The molecule has 0 aliphatic heterocycles. The molecule has 1 aliphatic carbocycles. The van der Waals surface area contributed by atoms with E-state index in [1.54, 1.807) is 0 Å². The van der Waals surface area contributed by atoms with Crippen LogP contribution in [0.2, 0.25) is 0 Å². The standard InChI is InChI=1S/C15H20BrNO/c1-11-6-7-14(16)13(10-11)15(18)17-9-8-12-4-2-3-5-12/h6-7,10,12H,2-5,8-9H2,1H3,(H,17,18).